The molecular formula is C15H17BrN2O2. The quantitative estimate of drug-likeness (QED) is 0.912. The molecule has 2 aromatic rings. The van der Waals surface area contributed by atoms with Gasteiger partial charge in [0.25, 0.3) is 5.91 Å². The lowest BCUT2D eigenvalue weighted by Crippen LogP contribution is -2.22. The molecule has 0 saturated carbocycles. The van der Waals surface area contributed by atoms with E-state index in [-0.39, 0.29) is 5.91 Å². The fraction of sp³-hybridized carbons (Fsp3) is 0.267. The van der Waals surface area contributed by atoms with E-state index in [1.807, 2.05) is 26.2 Å². The minimum atomic E-state index is -0.215. The number of nitrogens with one attached hydrogen (secondary N) is 1. The molecule has 1 N–H and O–H groups in total. The molecule has 4 nitrogen and oxygen atoms in total. The normalized spacial score (nSPS) is 10.8. The zero-order valence-electron chi connectivity index (χ0n) is 11.5. The number of benzene rings is 1. The first-order chi connectivity index (χ1) is 9.54. The Morgan fingerprint density at radius 1 is 1.15 bits per heavy atom. The van der Waals surface area contributed by atoms with Crippen LogP contribution in [0.5, 0.6) is 0 Å². The summed E-state index contributed by atoms with van der Waals surface area (Å²) in [6, 6.07) is 11.5. The number of hydrogen-bond acceptors (Lipinski definition) is 3. The molecule has 0 aliphatic rings. The first-order valence-electron chi connectivity index (χ1n) is 6.30. The van der Waals surface area contributed by atoms with Crippen molar-refractivity contribution in [3.63, 3.8) is 0 Å². The predicted molar refractivity (Wildman–Crippen MR) is 81.4 cm³/mol. The van der Waals surface area contributed by atoms with Crippen LogP contribution >= 0.6 is 15.9 Å². The van der Waals surface area contributed by atoms with E-state index in [2.05, 4.69) is 38.3 Å². The van der Waals surface area contributed by atoms with Gasteiger partial charge in [-0.1, -0.05) is 24.3 Å². The molecule has 0 radical (unpaired) electrons. The van der Waals surface area contributed by atoms with Crippen molar-refractivity contribution < 1.29 is 9.21 Å². The molecule has 2 rings (SSSR count). The molecule has 0 saturated heterocycles. The highest BCUT2D eigenvalue weighted by Crippen LogP contribution is 2.14. The van der Waals surface area contributed by atoms with Gasteiger partial charge in [0.2, 0.25) is 0 Å². The average molecular weight is 337 g/mol. The van der Waals surface area contributed by atoms with Crippen LogP contribution in [-0.2, 0) is 13.1 Å². The highest BCUT2D eigenvalue weighted by Gasteiger charge is 2.09. The minimum absolute atomic E-state index is 0.215. The van der Waals surface area contributed by atoms with Gasteiger partial charge in [-0.15, -0.1) is 0 Å². The Morgan fingerprint density at radius 2 is 1.80 bits per heavy atom. The zero-order valence-corrected chi connectivity index (χ0v) is 13.1. The first-order valence-corrected chi connectivity index (χ1v) is 7.10. The van der Waals surface area contributed by atoms with Crippen molar-refractivity contribution >= 4 is 21.8 Å². The van der Waals surface area contributed by atoms with Crippen LogP contribution in [-0.4, -0.2) is 24.9 Å². The summed E-state index contributed by atoms with van der Waals surface area (Å²) in [6.07, 6.45) is 0. The van der Waals surface area contributed by atoms with Crippen LogP contribution in [0.2, 0.25) is 0 Å². The monoisotopic (exact) mass is 336 g/mol. The number of halogens is 1. The lowest BCUT2D eigenvalue weighted by molar-refractivity contribution is 0.0922. The summed E-state index contributed by atoms with van der Waals surface area (Å²) < 4.78 is 5.75. The molecular weight excluding hydrogens is 320 g/mol. The minimum Gasteiger partial charge on any atom is -0.444 e. The van der Waals surface area contributed by atoms with Crippen LogP contribution < -0.4 is 5.32 Å². The maximum Gasteiger partial charge on any atom is 0.287 e. The number of amides is 1. The second-order valence-corrected chi connectivity index (χ2v) is 5.62. The van der Waals surface area contributed by atoms with Crippen LogP contribution in [0, 0.1) is 0 Å². The van der Waals surface area contributed by atoms with Crippen molar-refractivity contribution in [3.8, 4) is 0 Å². The summed E-state index contributed by atoms with van der Waals surface area (Å²) in [5.74, 6) is 0.0918. The Balaban J connectivity index is 1.89. The average Bonchev–Trinajstić information content (AvgIpc) is 2.84. The summed E-state index contributed by atoms with van der Waals surface area (Å²) in [4.78, 5) is 13.9. The van der Waals surface area contributed by atoms with Crippen LogP contribution in [0.15, 0.2) is 45.5 Å². The zero-order chi connectivity index (χ0) is 14.5. The fourth-order valence-corrected chi connectivity index (χ4v) is 2.14. The Kier molecular flexibility index (Phi) is 4.98. The summed E-state index contributed by atoms with van der Waals surface area (Å²) in [5, 5.41) is 2.82. The van der Waals surface area contributed by atoms with Gasteiger partial charge < -0.3 is 14.6 Å². The molecule has 5 heteroatoms. The van der Waals surface area contributed by atoms with Crippen LogP contribution in [0.1, 0.15) is 21.7 Å². The number of nitrogens with zero attached hydrogens (tertiary/aromatic N) is 1. The first kappa shape index (κ1) is 14.8. The summed E-state index contributed by atoms with van der Waals surface area (Å²) in [7, 11) is 4.07. The van der Waals surface area contributed by atoms with Gasteiger partial charge >= 0.3 is 0 Å². The summed E-state index contributed by atoms with van der Waals surface area (Å²) in [5.41, 5.74) is 2.31. The molecule has 0 bridgehead atoms. The third-order valence-electron chi connectivity index (χ3n) is 2.77. The Bertz CT molecular complexity index is 576. The fourth-order valence-electron chi connectivity index (χ4n) is 1.83. The van der Waals surface area contributed by atoms with E-state index in [1.165, 1.54) is 5.56 Å². The molecule has 0 aliphatic carbocycles. The largest absolute Gasteiger partial charge is 0.444 e. The van der Waals surface area contributed by atoms with Crippen LogP contribution in [0.25, 0.3) is 0 Å². The molecule has 0 atom stereocenters. The maximum atomic E-state index is 11.8. The van der Waals surface area contributed by atoms with E-state index < -0.39 is 0 Å². The van der Waals surface area contributed by atoms with Gasteiger partial charge in [-0.3, -0.25) is 4.79 Å². The van der Waals surface area contributed by atoms with Crippen molar-refractivity contribution in [3.05, 3.63) is 58.0 Å². The second-order valence-electron chi connectivity index (χ2n) is 4.84. The number of hydrogen-bond donors (Lipinski definition) is 1. The van der Waals surface area contributed by atoms with E-state index in [4.69, 9.17) is 4.42 Å². The van der Waals surface area contributed by atoms with Crippen LogP contribution in [0.4, 0.5) is 0 Å². The van der Waals surface area contributed by atoms with Crippen molar-refractivity contribution in [2.45, 2.75) is 13.1 Å². The van der Waals surface area contributed by atoms with Gasteiger partial charge in [0.1, 0.15) is 0 Å². The van der Waals surface area contributed by atoms with Gasteiger partial charge in [-0.05, 0) is 53.3 Å². The molecule has 1 heterocycles. The molecule has 20 heavy (non-hydrogen) atoms. The number of carbonyl (C=O) groups excluding carboxylic acids is 1. The molecule has 106 valence electrons. The van der Waals surface area contributed by atoms with Crippen molar-refractivity contribution in [2.75, 3.05) is 14.1 Å². The summed E-state index contributed by atoms with van der Waals surface area (Å²) >= 11 is 3.17. The van der Waals surface area contributed by atoms with E-state index in [0.29, 0.717) is 17.0 Å². The third-order valence-corrected chi connectivity index (χ3v) is 3.20. The summed E-state index contributed by atoms with van der Waals surface area (Å²) in [6.45, 7) is 1.40. The second kappa shape index (κ2) is 6.72. The Hall–Kier alpha value is -1.59. The predicted octanol–water partition coefficient (Wildman–Crippen LogP) is 3.03. The van der Waals surface area contributed by atoms with Gasteiger partial charge in [-0.2, -0.15) is 0 Å². The number of rotatable bonds is 5. The smallest absolute Gasteiger partial charge is 0.287 e. The Labute approximate surface area is 126 Å². The van der Waals surface area contributed by atoms with E-state index >= 15 is 0 Å². The maximum absolute atomic E-state index is 11.8. The Morgan fingerprint density at radius 3 is 2.35 bits per heavy atom. The van der Waals surface area contributed by atoms with Crippen molar-refractivity contribution in [2.24, 2.45) is 0 Å². The number of carbonyl (C=O) groups is 1. The van der Waals surface area contributed by atoms with E-state index in [9.17, 15) is 4.79 Å². The molecule has 0 fully saturated rings. The number of furan rings is 1. The van der Waals surface area contributed by atoms with Gasteiger partial charge in [-0.25, -0.2) is 0 Å². The molecule has 1 amide bonds. The highest BCUT2D eigenvalue weighted by atomic mass is 79.9. The molecule has 0 spiro atoms. The van der Waals surface area contributed by atoms with E-state index in [0.717, 1.165) is 12.1 Å². The lowest BCUT2D eigenvalue weighted by Gasteiger charge is -2.10. The van der Waals surface area contributed by atoms with Gasteiger partial charge in [0.05, 0.1) is 0 Å². The van der Waals surface area contributed by atoms with Gasteiger partial charge in [0, 0.05) is 13.1 Å². The molecule has 0 unspecified atom stereocenters. The molecule has 1 aromatic heterocycles. The van der Waals surface area contributed by atoms with E-state index in [1.54, 1.807) is 12.1 Å². The molecule has 1 aromatic carbocycles. The van der Waals surface area contributed by atoms with Crippen molar-refractivity contribution in [1.29, 1.82) is 0 Å². The third kappa shape index (κ3) is 4.21. The SMILES string of the molecule is CN(C)Cc1ccc(CNC(=O)c2ccc(Br)o2)cc1. The van der Waals surface area contributed by atoms with Gasteiger partial charge in [0.15, 0.2) is 10.4 Å². The topological polar surface area (TPSA) is 45.5 Å². The highest BCUT2D eigenvalue weighted by molar-refractivity contribution is 9.10. The lowest BCUT2D eigenvalue weighted by atomic mass is 10.1. The standard InChI is InChI=1S/C15H17BrN2O2/c1-18(2)10-12-5-3-11(4-6-12)9-17-15(19)13-7-8-14(16)20-13/h3-8H,9-10H2,1-2H3,(H,17,19). The molecule has 0 aliphatic heterocycles. The van der Waals surface area contributed by atoms with Crippen LogP contribution in [0.3, 0.4) is 0 Å². The van der Waals surface area contributed by atoms with Crippen molar-refractivity contribution in [1.82, 2.24) is 10.2 Å².